The summed E-state index contributed by atoms with van der Waals surface area (Å²) in [5, 5.41) is 5.16. The van der Waals surface area contributed by atoms with Crippen molar-refractivity contribution in [3.63, 3.8) is 0 Å². The molecular weight excluding hydrogens is 278 g/mol. The lowest BCUT2D eigenvalue weighted by atomic mass is 10.1. The highest BCUT2D eigenvalue weighted by atomic mass is 32.2. The van der Waals surface area contributed by atoms with Crippen LogP contribution in [0.3, 0.4) is 0 Å². The van der Waals surface area contributed by atoms with Crippen LogP contribution >= 0.6 is 0 Å². The first-order chi connectivity index (χ1) is 9.40. The number of unbranched alkanes of at least 4 members (excludes halogenated alkanes) is 2. The van der Waals surface area contributed by atoms with E-state index in [-0.39, 0.29) is 10.5 Å². The highest BCUT2D eigenvalue weighted by Gasteiger charge is 2.17. The summed E-state index contributed by atoms with van der Waals surface area (Å²) in [5.41, 5.74) is 0.803. The van der Waals surface area contributed by atoms with Crippen LogP contribution in [-0.2, 0) is 21.2 Å². The number of esters is 1. The lowest BCUT2D eigenvalue weighted by Crippen LogP contribution is -2.16. The second kappa shape index (κ2) is 7.40. The first-order valence-electron chi connectivity index (χ1n) is 6.73. The maximum absolute atomic E-state index is 11.8. The Hall–Kier alpha value is -1.40. The van der Waals surface area contributed by atoms with Crippen molar-refractivity contribution in [2.75, 3.05) is 6.61 Å². The SMILES string of the molecule is CCCCCOC(=O)c1ccc(CC)c(S(N)(=O)=O)c1. The number of benzene rings is 1. The van der Waals surface area contributed by atoms with Crippen LogP contribution in [0.25, 0.3) is 0 Å². The number of nitrogens with two attached hydrogens (primary N) is 1. The molecule has 0 aliphatic carbocycles. The third kappa shape index (κ3) is 4.61. The van der Waals surface area contributed by atoms with E-state index < -0.39 is 16.0 Å². The van der Waals surface area contributed by atoms with Gasteiger partial charge in [0.25, 0.3) is 0 Å². The van der Waals surface area contributed by atoms with E-state index in [2.05, 4.69) is 6.92 Å². The Bertz CT molecular complexity index is 567. The zero-order valence-electron chi connectivity index (χ0n) is 11.9. The normalized spacial score (nSPS) is 11.3. The molecule has 0 heterocycles. The standard InChI is InChI=1S/C14H21NO4S/c1-3-5-6-9-19-14(16)12-8-7-11(4-2)13(10-12)20(15,17)18/h7-8,10H,3-6,9H2,1-2H3,(H2,15,17,18). The quantitative estimate of drug-likeness (QED) is 0.618. The predicted molar refractivity (Wildman–Crippen MR) is 77.0 cm³/mol. The van der Waals surface area contributed by atoms with Crippen LogP contribution < -0.4 is 5.14 Å². The molecule has 0 aliphatic rings. The molecule has 0 unspecified atom stereocenters. The van der Waals surface area contributed by atoms with Crippen molar-refractivity contribution in [3.8, 4) is 0 Å². The van der Waals surface area contributed by atoms with Crippen LogP contribution in [0.4, 0.5) is 0 Å². The Morgan fingerprint density at radius 1 is 1.25 bits per heavy atom. The minimum atomic E-state index is -3.84. The van der Waals surface area contributed by atoms with E-state index >= 15 is 0 Å². The van der Waals surface area contributed by atoms with Gasteiger partial charge in [-0.05, 0) is 30.5 Å². The number of aryl methyl sites for hydroxylation is 1. The minimum Gasteiger partial charge on any atom is -0.462 e. The fourth-order valence-corrected chi connectivity index (χ4v) is 2.71. The molecule has 1 aromatic rings. The Morgan fingerprint density at radius 3 is 2.50 bits per heavy atom. The molecule has 20 heavy (non-hydrogen) atoms. The molecule has 0 saturated heterocycles. The first-order valence-corrected chi connectivity index (χ1v) is 8.27. The summed E-state index contributed by atoms with van der Waals surface area (Å²) in [6.45, 7) is 4.23. The van der Waals surface area contributed by atoms with Crippen LogP contribution in [0.2, 0.25) is 0 Å². The number of hydrogen-bond acceptors (Lipinski definition) is 4. The largest absolute Gasteiger partial charge is 0.462 e. The fraction of sp³-hybridized carbons (Fsp3) is 0.500. The molecule has 0 bridgehead atoms. The van der Waals surface area contributed by atoms with E-state index in [1.807, 2.05) is 6.92 Å². The van der Waals surface area contributed by atoms with Gasteiger partial charge in [0.05, 0.1) is 17.1 Å². The molecule has 1 rings (SSSR count). The minimum absolute atomic E-state index is 0.0111. The molecule has 112 valence electrons. The van der Waals surface area contributed by atoms with Crippen molar-refractivity contribution >= 4 is 16.0 Å². The molecule has 0 aliphatic heterocycles. The van der Waals surface area contributed by atoms with Gasteiger partial charge in [-0.1, -0.05) is 32.8 Å². The summed E-state index contributed by atoms with van der Waals surface area (Å²) >= 11 is 0. The number of carbonyl (C=O) groups excluding carboxylic acids is 1. The number of ether oxygens (including phenoxy) is 1. The lowest BCUT2D eigenvalue weighted by molar-refractivity contribution is 0.0498. The zero-order chi connectivity index (χ0) is 15.2. The van der Waals surface area contributed by atoms with Gasteiger partial charge in [0.2, 0.25) is 10.0 Å². The van der Waals surface area contributed by atoms with Crippen molar-refractivity contribution < 1.29 is 17.9 Å². The second-order valence-corrected chi connectivity index (χ2v) is 6.09. The molecular formula is C14H21NO4S. The molecule has 0 aromatic heterocycles. The third-order valence-corrected chi connectivity index (χ3v) is 3.96. The van der Waals surface area contributed by atoms with E-state index in [4.69, 9.17) is 9.88 Å². The van der Waals surface area contributed by atoms with Crippen molar-refractivity contribution in [1.29, 1.82) is 0 Å². The zero-order valence-corrected chi connectivity index (χ0v) is 12.7. The van der Waals surface area contributed by atoms with Gasteiger partial charge >= 0.3 is 5.97 Å². The van der Waals surface area contributed by atoms with Gasteiger partial charge in [-0.15, -0.1) is 0 Å². The third-order valence-electron chi connectivity index (χ3n) is 2.97. The Morgan fingerprint density at radius 2 is 1.95 bits per heavy atom. The summed E-state index contributed by atoms with van der Waals surface area (Å²) in [6, 6.07) is 4.45. The van der Waals surface area contributed by atoms with Gasteiger partial charge in [-0.25, -0.2) is 18.4 Å². The maximum atomic E-state index is 11.8. The number of hydrogen-bond donors (Lipinski definition) is 1. The van der Waals surface area contributed by atoms with Gasteiger partial charge < -0.3 is 4.74 Å². The maximum Gasteiger partial charge on any atom is 0.338 e. The number of sulfonamides is 1. The molecule has 5 nitrogen and oxygen atoms in total. The average molecular weight is 299 g/mol. The molecule has 0 fully saturated rings. The average Bonchev–Trinajstić information content (AvgIpc) is 2.41. The van der Waals surface area contributed by atoms with E-state index in [1.54, 1.807) is 12.1 Å². The van der Waals surface area contributed by atoms with Gasteiger partial charge in [0.1, 0.15) is 0 Å². The smallest absolute Gasteiger partial charge is 0.338 e. The molecule has 6 heteroatoms. The fourth-order valence-electron chi connectivity index (χ4n) is 1.84. The molecule has 1 aromatic carbocycles. The Labute approximate surface area is 120 Å². The highest BCUT2D eigenvalue weighted by molar-refractivity contribution is 7.89. The Kier molecular flexibility index (Phi) is 6.16. The second-order valence-electron chi connectivity index (χ2n) is 4.56. The van der Waals surface area contributed by atoms with E-state index in [1.165, 1.54) is 6.07 Å². The summed E-state index contributed by atoms with van der Waals surface area (Å²) in [6.07, 6.45) is 3.36. The number of carbonyl (C=O) groups is 1. The van der Waals surface area contributed by atoms with Crippen molar-refractivity contribution in [3.05, 3.63) is 29.3 Å². The molecule has 0 amide bonds. The van der Waals surface area contributed by atoms with Gasteiger partial charge in [0.15, 0.2) is 0 Å². The van der Waals surface area contributed by atoms with Gasteiger partial charge in [-0.2, -0.15) is 0 Å². The van der Waals surface area contributed by atoms with Crippen LogP contribution in [-0.4, -0.2) is 21.0 Å². The lowest BCUT2D eigenvalue weighted by Gasteiger charge is -2.09. The molecule has 0 spiro atoms. The van der Waals surface area contributed by atoms with Crippen LogP contribution in [0, 0.1) is 0 Å². The summed E-state index contributed by atoms with van der Waals surface area (Å²) in [7, 11) is -3.84. The summed E-state index contributed by atoms with van der Waals surface area (Å²) < 4.78 is 28.1. The van der Waals surface area contributed by atoms with Crippen molar-refractivity contribution in [2.45, 2.75) is 44.4 Å². The van der Waals surface area contributed by atoms with Crippen molar-refractivity contribution in [2.24, 2.45) is 5.14 Å². The monoisotopic (exact) mass is 299 g/mol. The Balaban J connectivity index is 2.89. The number of rotatable bonds is 7. The highest BCUT2D eigenvalue weighted by Crippen LogP contribution is 2.18. The molecule has 0 radical (unpaired) electrons. The summed E-state index contributed by atoms with van der Waals surface area (Å²) in [5.74, 6) is -0.520. The van der Waals surface area contributed by atoms with Crippen LogP contribution in [0.15, 0.2) is 23.1 Å². The molecule has 0 atom stereocenters. The van der Waals surface area contributed by atoms with E-state index in [9.17, 15) is 13.2 Å². The molecule has 0 saturated carbocycles. The van der Waals surface area contributed by atoms with E-state index in [0.29, 0.717) is 18.6 Å². The predicted octanol–water partition coefficient (Wildman–Crippen LogP) is 2.24. The van der Waals surface area contributed by atoms with Gasteiger partial charge in [-0.3, -0.25) is 0 Å². The van der Waals surface area contributed by atoms with Crippen LogP contribution in [0.1, 0.15) is 49.0 Å². The first kappa shape index (κ1) is 16.7. The number of primary sulfonamides is 1. The summed E-state index contributed by atoms with van der Waals surface area (Å²) in [4.78, 5) is 11.8. The van der Waals surface area contributed by atoms with Crippen molar-refractivity contribution in [1.82, 2.24) is 0 Å². The molecule has 2 N–H and O–H groups in total. The van der Waals surface area contributed by atoms with Crippen LogP contribution in [0.5, 0.6) is 0 Å². The van der Waals surface area contributed by atoms with Gasteiger partial charge in [0, 0.05) is 0 Å². The topological polar surface area (TPSA) is 86.5 Å². The van der Waals surface area contributed by atoms with E-state index in [0.717, 1.165) is 19.3 Å².